The number of tetrazole rings is 1. The maximum Gasteiger partial charge on any atom is 0.183 e. The van der Waals surface area contributed by atoms with Gasteiger partial charge in [0.15, 0.2) is 5.82 Å². The summed E-state index contributed by atoms with van der Waals surface area (Å²) in [5, 5.41) is 12.5. The van der Waals surface area contributed by atoms with Gasteiger partial charge in [-0.15, -0.1) is 5.10 Å². The summed E-state index contributed by atoms with van der Waals surface area (Å²) in [4.78, 5) is 0. The summed E-state index contributed by atoms with van der Waals surface area (Å²) in [6.07, 6.45) is 2.15. The molecule has 6 heteroatoms. The molecule has 0 radical (unpaired) electrons. The number of nitrogens with zero attached hydrogens (tertiary/aromatic N) is 4. The molecule has 2 rings (SSSR count). The first-order valence-electron chi connectivity index (χ1n) is 6.83. The van der Waals surface area contributed by atoms with Crippen molar-refractivity contribution in [2.75, 3.05) is 5.73 Å². The first-order valence-corrected chi connectivity index (χ1v) is 7.20. The molecule has 5 nitrogen and oxygen atoms in total. The van der Waals surface area contributed by atoms with E-state index in [-0.39, 0.29) is 6.04 Å². The third kappa shape index (κ3) is 3.10. The van der Waals surface area contributed by atoms with Gasteiger partial charge >= 0.3 is 0 Å². The van der Waals surface area contributed by atoms with Crippen LogP contribution in [0.25, 0.3) is 11.4 Å². The molecule has 1 atom stereocenters. The van der Waals surface area contributed by atoms with Crippen molar-refractivity contribution >= 4 is 17.3 Å². The number of aromatic nitrogens is 4. The minimum absolute atomic E-state index is 0.222. The second-order valence-corrected chi connectivity index (χ2v) is 5.85. The highest BCUT2D eigenvalue weighted by atomic mass is 35.5. The molecule has 1 aromatic carbocycles. The van der Waals surface area contributed by atoms with E-state index in [9.17, 15) is 0 Å². The predicted octanol–water partition coefficient (Wildman–Crippen LogP) is 3.57. The molecule has 0 aliphatic rings. The van der Waals surface area contributed by atoms with E-state index in [4.69, 9.17) is 17.3 Å². The molecule has 2 aromatic rings. The number of hydrogen-bond donors (Lipinski definition) is 1. The minimum atomic E-state index is 0.222. The lowest BCUT2D eigenvalue weighted by Gasteiger charge is -2.15. The number of nitrogen functional groups attached to an aromatic ring is 1. The highest BCUT2D eigenvalue weighted by molar-refractivity contribution is 6.35. The third-order valence-electron chi connectivity index (χ3n) is 3.34. The van der Waals surface area contributed by atoms with E-state index in [2.05, 4.69) is 36.3 Å². The van der Waals surface area contributed by atoms with Crippen LogP contribution in [-0.4, -0.2) is 20.2 Å². The fraction of sp³-hybridized carbons (Fsp3) is 0.500. The molecule has 0 amide bonds. The Bertz CT molecular complexity index is 579. The van der Waals surface area contributed by atoms with Crippen LogP contribution in [0.3, 0.4) is 0 Å². The molecule has 0 saturated carbocycles. The van der Waals surface area contributed by atoms with Crippen LogP contribution in [0.15, 0.2) is 18.2 Å². The van der Waals surface area contributed by atoms with Crippen molar-refractivity contribution in [1.29, 1.82) is 0 Å². The van der Waals surface area contributed by atoms with Gasteiger partial charge < -0.3 is 5.73 Å². The van der Waals surface area contributed by atoms with Crippen molar-refractivity contribution in [3.63, 3.8) is 0 Å². The van der Waals surface area contributed by atoms with Gasteiger partial charge in [-0.05, 0) is 48.2 Å². The summed E-state index contributed by atoms with van der Waals surface area (Å²) in [6, 6.07) is 5.73. The summed E-state index contributed by atoms with van der Waals surface area (Å²) in [6.45, 7) is 6.53. The summed E-state index contributed by atoms with van der Waals surface area (Å²) in [7, 11) is 0. The van der Waals surface area contributed by atoms with Crippen LogP contribution in [0.4, 0.5) is 5.69 Å². The maximum atomic E-state index is 6.25. The SMILES string of the molecule is CC(C)CCC(C)n1nnnc1-c1cccc(N)c1Cl. The lowest BCUT2D eigenvalue weighted by Crippen LogP contribution is -2.10. The number of rotatable bonds is 5. The number of nitrogens with two attached hydrogens (primary N) is 1. The van der Waals surface area contributed by atoms with Crippen molar-refractivity contribution in [2.24, 2.45) is 5.92 Å². The van der Waals surface area contributed by atoms with Crippen molar-refractivity contribution in [1.82, 2.24) is 20.2 Å². The average molecular weight is 294 g/mol. The van der Waals surface area contributed by atoms with Gasteiger partial charge in [-0.3, -0.25) is 0 Å². The van der Waals surface area contributed by atoms with E-state index >= 15 is 0 Å². The summed E-state index contributed by atoms with van der Waals surface area (Å²) >= 11 is 6.25. The van der Waals surface area contributed by atoms with E-state index in [1.54, 1.807) is 6.07 Å². The normalized spacial score (nSPS) is 12.8. The molecule has 0 bridgehead atoms. The number of anilines is 1. The van der Waals surface area contributed by atoms with Gasteiger partial charge in [0.2, 0.25) is 0 Å². The smallest absolute Gasteiger partial charge is 0.183 e. The average Bonchev–Trinajstić information content (AvgIpc) is 2.88. The van der Waals surface area contributed by atoms with E-state index in [0.717, 1.165) is 18.4 Å². The van der Waals surface area contributed by atoms with Crippen molar-refractivity contribution < 1.29 is 0 Å². The molecule has 0 saturated heterocycles. The van der Waals surface area contributed by atoms with Gasteiger partial charge in [-0.1, -0.05) is 31.5 Å². The zero-order valence-electron chi connectivity index (χ0n) is 12.0. The zero-order chi connectivity index (χ0) is 14.7. The van der Waals surface area contributed by atoms with Crippen LogP contribution in [0, 0.1) is 5.92 Å². The molecule has 0 aliphatic carbocycles. The minimum Gasteiger partial charge on any atom is -0.398 e. The van der Waals surface area contributed by atoms with Gasteiger partial charge in [-0.25, -0.2) is 4.68 Å². The largest absolute Gasteiger partial charge is 0.398 e. The van der Waals surface area contributed by atoms with Crippen LogP contribution < -0.4 is 5.73 Å². The Morgan fingerprint density at radius 1 is 1.25 bits per heavy atom. The highest BCUT2D eigenvalue weighted by Crippen LogP contribution is 2.32. The molecule has 1 heterocycles. The van der Waals surface area contributed by atoms with Gasteiger partial charge in [0.05, 0.1) is 16.8 Å². The van der Waals surface area contributed by atoms with Crippen LogP contribution in [-0.2, 0) is 0 Å². The van der Waals surface area contributed by atoms with Crippen LogP contribution in [0.2, 0.25) is 5.02 Å². The monoisotopic (exact) mass is 293 g/mol. The molecule has 1 aromatic heterocycles. The first-order chi connectivity index (χ1) is 9.50. The second kappa shape index (κ2) is 6.22. The quantitative estimate of drug-likeness (QED) is 0.856. The number of hydrogen-bond acceptors (Lipinski definition) is 4. The molecule has 1 unspecified atom stereocenters. The van der Waals surface area contributed by atoms with E-state index < -0.39 is 0 Å². The Balaban J connectivity index is 2.30. The summed E-state index contributed by atoms with van der Waals surface area (Å²) in [5.74, 6) is 1.33. The molecule has 108 valence electrons. The van der Waals surface area contributed by atoms with Gasteiger partial charge in [0, 0.05) is 5.56 Å². The van der Waals surface area contributed by atoms with Gasteiger partial charge in [0.1, 0.15) is 0 Å². The molecular weight excluding hydrogens is 274 g/mol. The van der Waals surface area contributed by atoms with E-state index in [0.29, 0.717) is 22.5 Å². The molecule has 0 aliphatic heterocycles. The fourth-order valence-corrected chi connectivity index (χ4v) is 2.30. The molecule has 0 fully saturated rings. The Kier molecular flexibility index (Phi) is 4.60. The third-order valence-corrected chi connectivity index (χ3v) is 3.76. The lowest BCUT2D eigenvalue weighted by molar-refractivity contribution is 0.406. The number of benzene rings is 1. The topological polar surface area (TPSA) is 69.6 Å². The Morgan fingerprint density at radius 2 is 2.00 bits per heavy atom. The molecule has 2 N–H and O–H groups in total. The van der Waals surface area contributed by atoms with Crippen LogP contribution in [0.5, 0.6) is 0 Å². The molecule has 20 heavy (non-hydrogen) atoms. The molecule has 0 spiro atoms. The predicted molar refractivity (Wildman–Crippen MR) is 81.5 cm³/mol. The highest BCUT2D eigenvalue weighted by Gasteiger charge is 2.17. The number of halogens is 1. The zero-order valence-corrected chi connectivity index (χ0v) is 12.8. The second-order valence-electron chi connectivity index (χ2n) is 5.48. The fourth-order valence-electron chi connectivity index (χ4n) is 2.09. The molecular formula is C14H20ClN5. The first kappa shape index (κ1) is 14.8. The van der Waals surface area contributed by atoms with Crippen molar-refractivity contribution in [3.05, 3.63) is 23.2 Å². The standard InChI is InChI=1S/C14H20ClN5/c1-9(2)7-8-10(3)20-14(17-18-19-20)11-5-4-6-12(16)13(11)15/h4-6,9-10H,7-8,16H2,1-3H3. The van der Waals surface area contributed by atoms with Crippen molar-refractivity contribution in [3.8, 4) is 11.4 Å². The van der Waals surface area contributed by atoms with E-state index in [1.807, 2.05) is 16.8 Å². The van der Waals surface area contributed by atoms with Crippen LogP contribution >= 0.6 is 11.6 Å². The van der Waals surface area contributed by atoms with Crippen molar-refractivity contribution in [2.45, 2.75) is 39.7 Å². The maximum absolute atomic E-state index is 6.25. The Labute approximate surface area is 124 Å². The Morgan fingerprint density at radius 3 is 2.70 bits per heavy atom. The van der Waals surface area contributed by atoms with E-state index in [1.165, 1.54) is 0 Å². The van der Waals surface area contributed by atoms with Crippen LogP contribution in [0.1, 0.15) is 39.7 Å². The summed E-state index contributed by atoms with van der Waals surface area (Å²) < 4.78 is 1.82. The van der Waals surface area contributed by atoms with Gasteiger partial charge in [0.25, 0.3) is 0 Å². The van der Waals surface area contributed by atoms with Gasteiger partial charge in [-0.2, -0.15) is 0 Å². The Hall–Kier alpha value is -1.62. The lowest BCUT2D eigenvalue weighted by atomic mass is 10.0. The summed E-state index contributed by atoms with van der Waals surface area (Å²) in [5.41, 5.74) is 7.15.